The first-order valence-corrected chi connectivity index (χ1v) is 4.65. The normalized spacial score (nSPS) is 12.1. The van der Waals surface area contributed by atoms with Gasteiger partial charge in [-0.05, 0) is 18.4 Å². The molecule has 0 aliphatic carbocycles. The molecule has 0 aliphatic rings. The lowest BCUT2D eigenvalue weighted by molar-refractivity contribution is -0.129. The van der Waals surface area contributed by atoms with Gasteiger partial charge in [-0.3, -0.25) is 5.41 Å². The zero-order valence-corrected chi connectivity index (χ0v) is 8.18. The number of rotatable bonds is 5. The Kier molecular flexibility index (Phi) is 4.00. The number of aliphatic carboxylic acids is 1. The average molecular weight is 207 g/mol. The molecule has 0 amide bonds. The van der Waals surface area contributed by atoms with Crippen molar-refractivity contribution in [3.8, 4) is 0 Å². The van der Waals surface area contributed by atoms with Crippen LogP contribution in [0.2, 0.25) is 0 Å². The SMILES string of the molecule is N=C(CCC(O)c1ccccc1)C(=O)O. The van der Waals surface area contributed by atoms with Crippen molar-refractivity contribution in [2.24, 2.45) is 0 Å². The summed E-state index contributed by atoms with van der Waals surface area (Å²) in [5.74, 6) is -1.23. The Morgan fingerprint density at radius 1 is 1.33 bits per heavy atom. The number of nitrogens with one attached hydrogen (secondary N) is 1. The van der Waals surface area contributed by atoms with E-state index in [2.05, 4.69) is 0 Å². The number of hydrogen-bond donors (Lipinski definition) is 3. The highest BCUT2D eigenvalue weighted by Crippen LogP contribution is 2.17. The third kappa shape index (κ3) is 3.52. The monoisotopic (exact) mass is 207 g/mol. The minimum absolute atomic E-state index is 0.0748. The number of hydrogen-bond acceptors (Lipinski definition) is 3. The molecule has 1 atom stereocenters. The molecular formula is C11H13NO3. The number of aliphatic hydroxyl groups is 1. The van der Waals surface area contributed by atoms with E-state index in [1.165, 1.54) is 0 Å². The van der Waals surface area contributed by atoms with Crippen LogP contribution < -0.4 is 0 Å². The molecule has 0 saturated heterocycles. The van der Waals surface area contributed by atoms with Crippen LogP contribution in [0.5, 0.6) is 0 Å². The number of benzene rings is 1. The molecule has 0 heterocycles. The van der Waals surface area contributed by atoms with E-state index in [9.17, 15) is 9.90 Å². The Morgan fingerprint density at radius 2 is 1.93 bits per heavy atom. The Balaban J connectivity index is 2.47. The van der Waals surface area contributed by atoms with Crippen molar-refractivity contribution in [1.29, 1.82) is 5.41 Å². The summed E-state index contributed by atoms with van der Waals surface area (Å²) in [6.45, 7) is 0. The number of carboxylic acid groups (broad SMARTS) is 1. The van der Waals surface area contributed by atoms with Gasteiger partial charge in [-0.25, -0.2) is 4.79 Å². The summed E-state index contributed by atoms with van der Waals surface area (Å²) in [4.78, 5) is 10.3. The van der Waals surface area contributed by atoms with Gasteiger partial charge in [0.2, 0.25) is 0 Å². The average Bonchev–Trinajstić information content (AvgIpc) is 2.26. The fourth-order valence-corrected chi connectivity index (χ4v) is 1.23. The van der Waals surface area contributed by atoms with Crippen molar-refractivity contribution in [2.45, 2.75) is 18.9 Å². The van der Waals surface area contributed by atoms with Crippen LogP contribution in [0.3, 0.4) is 0 Å². The molecule has 0 aliphatic heterocycles. The molecule has 0 spiro atoms. The molecule has 0 saturated carbocycles. The lowest BCUT2D eigenvalue weighted by atomic mass is 10.0. The second kappa shape index (κ2) is 5.26. The first-order chi connectivity index (χ1) is 7.11. The Hall–Kier alpha value is -1.68. The molecule has 15 heavy (non-hydrogen) atoms. The van der Waals surface area contributed by atoms with Crippen molar-refractivity contribution < 1.29 is 15.0 Å². The van der Waals surface area contributed by atoms with E-state index >= 15 is 0 Å². The van der Waals surface area contributed by atoms with E-state index < -0.39 is 12.1 Å². The van der Waals surface area contributed by atoms with E-state index in [0.717, 1.165) is 5.56 Å². The highest BCUT2D eigenvalue weighted by Gasteiger charge is 2.11. The number of aliphatic hydroxyl groups excluding tert-OH is 1. The summed E-state index contributed by atoms with van der Waals surface area (Å²) in [6, 6.07) is 9.00. The maximum absolute atomic E-state index is 10.3. The first-order valence-electron chi connectivity index (χ1n) is 4.65. The van der Waals surface area contributed by atoms with E-state index in [4.69, 9.17) is 10.5 Å². The third-order valence-corrected chi connectivity index (χ3v) is 2.11. The van der Waals surface area contributed by atoms with E-state index in [1.807, 2.05) is 6.07 Å². The van der Waals surface area contributed by atoms with Gasteiger partial charge in [0.25, 0.3) is 0 Å². The smallest absolute Gasteiger partial charge is 0.349 e. The third-order valence-electron chi connectivity index (χ3n) is 2.11. The fraction of sp³-hybridized carbons (Fsp3) is 0.273. The van der Waals surface area contributed by atoms with E-state index in [1.54, 1.807) is 24.3 Å². The van der Waals surface area contributed by atoms with Crippen LogP contribution in [0.1, 0.15) is 24.5 Å². The molecule has 0 bridgehead atoms. The van der Waals surface area contributed by atoms with Gasteiger partial charge >= 0.3 is 5.97 Å². The summed E-state index contributed by atoms with van der Waals surface area (Å²) < 4.78 is 0. The van der Waals surface area contributed by atoms with Crippen LogP contribution in [0.15, 0.2) is 30.3 Å². The minimum atomic E-state index is -1.23. The summed E-state index contributed by atoms with van der Waals surface area (Å²) >= 11 is 0. The maximum atomic E-state index is 10.3. The Labute approximate surface area is 87.7 Å². The van der Waals surface area contributed by atoms with Crippen LogP contribution in [-0.4, -0.2) is 21.9 Å². The van der Waals surface area contributed by atoms with Gasteiger partial charge < -0.3 is 10.2 Å². The largest absolute Gasteiger partial charge is 0.477 e. The molecule has 1 unspecified atom stereocenters. The molecule has 1 rings (SSSR count). The fourth-order valence-electron chi connectivity index (χ4n) is 1.23. The minimum Gasteiger partial charge on any atom is -0.477 e. The first kappa shape index (κ1) is 11.4. The molecule has 0 radical (unpaired) electrons. The highest BCUT2D eigenvalue weighted by atomic mass is 16.4. The van der Waals surface area contributed by atoms with Gasteiger partial charge in [-0.1, -0.05) is 30.3 Å². The van der Waals surface area contributed by atoms with Crippen LogP contribution in [-0.2, 0) is 4.79 Å². The molecule has 1 aromatic carbocycles. The summed E-state index contributed by atoms with van der Waals surface area (Å²) in [5, 5.41) is 25.2. The molecule has 4 heteroatoms. The zero-order chi connectivity index (χ0) is 11.3. The van der Waals surface area contributed by atoms with E-state index in [0.29, 0.717) is 0 Å². The van der Waals surface area contributed by atoms with Gasteiger partial charge in [0.1, 0.15) is 5.71 Å². The van der Waals surface area contributed by atoms with Crippen LogP contribution in [0.25, 0.3) is 0 Å². The molecule has 0 aromatic heterocycles. The lowest BCUT2D eigenvalue weighted by Crippen LogP contribution is -2.12. The molecule has 4 nitrogen and oxygen atoms in total. The summed E-state index contributed by atoms with van der Waals surface area (Å²) in [7, 11) is 0. The van der Waals surface area contributed by atoms with Crippen molar-refractivity contribution in [1.82, 2.24) is 0 Å². The van der Waals surface area contributed by atoms with Crippen LogP contribution in [0.4, 0.5) is 0 Å². The van der Waals surface area contributed by atoms with E-state index in [-0.39, 0.29) is 18.6 Å². The predicted molar refractivity (Wildman–Crippen MR) is 56.0 cm³/mol. The molecule has 80 valence electrons. The van der Waals surface area contributed by atoms with Crippen molar-refractivity contribution in [3.05, 3.63) is 35.9 Å². The number of carbonyl (C=O) groups is 1. The van der Waals surface area contributed by atoms with Crippen molar-refractivity contribution >= 4 is 11.7 Å². The van der Waals surface area contributed by atoms with Gasteiger partial charge in [0.05, 0.1) is 6.10 Å². The van der Waals surface area contributed by atoms with Crippen molar-refractivity contribution in [3.63, 3.8) is 0 Å². The summed E-state index contributed by atoms with van der Waals surface area (Å²) in [5.41, 5.74) is 0.376. The van der Waals surface area contributed by atoms with Gasteiger partial charge in [0.15, 0.2) is 0 Å². The Morgan fingerprint density at radius 3 is 2.47 bits per heavy atom. The Bertz CT molecular complexity index is 348. The topological polar surface area (TPSA) is 81.4 Å². The van der Waals surface area contributed by atoms with Crippen LogP contribution >= 0.6 is 0 Å². The summed E-state index contributed by atoms with van der Waals surface area (Å²) in [6.07, 6.45) is -0.369. The molecule has 1 aromatic rings. The molecular weight excluding hydrogens is 194 g/mol. The van der Waals surface area contributed by atoms with Gasteiger partial charge in [0, 0.05) is 0 Å². The van der Waals surface area contributed by atoms with Gasteiger partial charge in [-0.15, -0.1) is 0 Å². The standard InChI is InChI=1S/C11H13NO3/c12-9(11(14)15)6-7-10(13)8-4-2-1-3-5-8/h1-5,10,12-13H,6-7H2,(H,14,15). The second-order valence-corrected chi connectivity index (χ2v) is 3.25. The number of carboxylic acids is 1. The second-order valence-electron chi connectivity index (χ2n) is 3.25. The lowest BCUT2D eigenvalue weighted by Gasteiger charge is -2.09. The van der Waals surface area contributed by atoms with Crippen molar-refractivity contribution in [2.75, 3.05) is 0 Å². The highest BCUT2D eigenvalue weighted by molar-refractivity contribution is 6.34. The molecule has 0 fully saturated rings. The predicted octanol–water partition coefficient (Wildman–Crippen LogP) is 1.60. The molecule has 3 N–H and O–H groups in total. The van der Waals surface area contributed by atoms with Gasteiger partial charge in [-0.2, -0.15) is 0 Å². The maximum Gasteiger partial charge on any atom is 0.349 e. The zero-order valence-electron chi connectivity index (χ0n) is 8.18. The quantitative estimate of drug-likeness (QED) is 0.641. The van der Waals surface area contributed by atoms with Crippen LogP contribution in [0, 0.1) is 5.41 Å².